The van der Waals surface area contributed by atoms with Crippen molar-refractivity contribution in [2.45, 2.75) is 19.3 Å². The van der Waals surface area contributed by atoms with E-state index in [1.165, 1.54) is 12.1 Å². The molecule has 0 amide bonds. The molecule has 82 valence electrons. The summed E-state index contributed by atoms with van der Waals surface area (Å²) in [5.41, 5.74) is 1.00. The first-order valence-corrected chi connectivity index (χ1v) is 5.15. The van der Waals surface area contributed by atoms with Crippen LogP contribution in [0.2, 0.25) is 0 Å². The topological polar surface area (TPSA) is 35.8 Å². The number of nitrogens with one attached hydrogen (secondary N) is 1. The van der Waals surface area contributed by atoms with Crippen LogP contribution in [-0.4, -0.2) is 6.54 Å². The molecule has 0 heterocycles. The normalized spacial score (nSPS) is 9.19. The molecule has 0 fully saturated rings. The molecule has 0 bridgehead atoms. The van der Waals surface area contributed by atoms with E-state index in [0.29, 0.717) is 11.3 Å². The summed E-state index contributed by atoms with van der Waals surface area (Å²) in [6.45, 7) is 0.738. The molecule has 0 spiro atoms. The Morgan fingerprint density at radius 3 is 2.88 bits per heavy atom. The van der Waals surface area contributed by atoms with E-state index in [2.05, 4.69) is 11.2 Å². The van der Waals surface area contributed by atoms with E-state index in [9.17, 15) is 4.39 Å². The number of unbranched alkanes of at least 4 members (excludes halogenated alkanes) is 2. The van der Waals surface area contributed by atoms with Gasteiger partial charge in [0.05, 0.1) is 11.3 Å². The van der Waals surface area contributed by atoms with Gasteiger partial charge in [0, 0.05) is 13.0 Å². The highest BCUT2D eigenvalue weighted by Crippen LogP contribution is 2.15. The Balaban J connectivity index is 2.48. The summed E-state index contributed by atoms with van der Waals surface area (Å²) in [5.74, 6) is 2.17. The summed E-state index contributed by atoms with van der Waals surface area (Å²) in [5, 5.41) is 11.9. The van der Waals surface area contributed by atoms with Gasteiger partial charge >= 0.3 is 0 Å². The number of halogens is 1. The third-order valence-corrected chi connectivity index (χ3v) is 2.17. The van der Waals surface area contributed by atoms with E-state index in [-0.39, 0.29) is 0 Å². The molecular weight excluding hydrogens is 203 g/mol. The average molecular weight is 216 g/mol. The number of nitrogens with zero attached hydrogens (tertiary/aromatic N) is 1. The number of hydrogen-bond donors (Lipinski definition) is 1. The molecule has 0 atom stereocenters. The van der Waals surface area contributed by atoms with E-state index >= 15 is 0 Å². The van der Waals surface area contributed by atoms with Crippen LogP contribution in [0.5, 0.6) is 0 Å². The Morgan fingerprint density at radius 2 is 2.19 bits per heavy atom. The van der Waals surface area contributed by atoms with Crippen molar-refractivity contribution >= 4 is 5.69 Å². The van der Waals surface area contributed by atoms with Crippen LogP contribution in [0.1, 0.15) is 24.8 Å². The first-order chi connectivity index (χ1) is 7.77. The Kier molecular flexibility index (Phi) is 4.89. The lowest BCUT2D eigenvalue weighted by Gasteiger charge is -2.07. The molecule has 0 saturated carbocycles. The standard InChI is InChI=1S/C13H13FN2/c1-2-3-4-5-8-16-13-7-6-12(14)9-11(13)10-15/h1,6-7,9,16H,3-5,8H2. The predicted molar refractivity (Wildman–Crippen MR) is 62.3 cm³/mol. The van der Waals surface area contributed by atoms with E-state index in [0.717, 1.165) is 25.8 Å². The van der Waals surface area contributed by atoms with Gasteiger partial charge in [0.15, 0.2) is 0 Å². The van der Waals surface area contributed by atoms with E-state index in [4.69, 9.17) is 11.7 Å². The molecule has 1 N–H and O–H groups in total. The van der Waals surface area contributed by atoms with Crippen molar-refractivity contribution in [3.63, 3.8) is 0 Å². The fraction of sp³-hybridized carbons (Fsp3) is 0.308. The Bertz CT molecular complexity index is 427. The highest BCUT2D eigenvalue weighted by atomic mass is 19.1. The zero-order valence-electron chi connectivity index (χ0n) is 8.96. The van der Waals surface area contributed by atoms with Crippen LogP contribution >= 0.6 is 0 Å². The van der Waals surface area contributed by atoms with Crippen LogP contribution in [0, 0.1) is 29.5 Å². The molecule has 0 aromatic heterocycles. The monoisotopic (exact) mass is 216 g/mol. The van der Waals surface area contributed by atoms with Gasteiger partial charge in [-0.25, -0.2) is 4.39 Å². The van der Waals surface area contributed by atoms with Crippen molar-refractivity contribution in [3.05, 3.63) is 29.6 Å². The summed E-state index contributed by atoms with van der Waals surface area (Å²) < 4.78 is 12.8. The molecule has 0 saturated heterocycles. The Morgan fingerprint density at radius 1 is 1.38 bits per heavy atom. The molecular formula is C13H13FN2. The smallest absolute Gasteiger partial charge is 0.124 e. The summed E-state index contributed by atoms with van der Waals surface area (Å²) in [6, 6.07) is 6.10. The number of rotatable bonds is 5. The van der Waals surface area contributed by atoms with Crippen molar-refractivity contribution in [2.24, 2.45) is 0 Å². The lowest BCUT2D eigenvalue weighted by Crippen LogP contribution is -2.03. The van der Waals surface area contributed by atoms with Gasteiger partial charge < -0.3 is 5.32 Å². The maximum absolute atomic E-state index is 12.8. The summed E-state index contributed by atoms with van der Waals surface area (Å²) in [7, 11) is 0. The molecule has 0 aliphatic heterocycles. The SMILES string of the molecule is C#CCCCCNc1ccc(F)cc1C#N. The van der Waals surface area contributed by atoms with Crippen LogP contribution in [0.15, 0.2) is 18.2 Å². The molecule has 1 aromatic rings. The van der Waals surface area contributed by atoms with E-state index < -0.39 is 5.82 Å². The quantitative estimate of drug-likeness (QED) is 0.606. The minimum atomic E-state index is -0.394. The molecule has 2 nitrogen and oxygen atoms in total. The van der Waals surface area contributed by atoms with Gasteiger partial charge in [-0.3, -0.25) is 0 Å². The molecule has 3 heteroatoms. The molecule has 0 unspecified atom stereocenters. The molecule has 16 heavy (non-hydrogen) atoms. The zero-order valence-corrected chi connectivity index (χ0v) is 8.96. The van der Waals surface area contributed by atoms with E-state index in [1.807, 2.05) is 6.07 Å². The second-order valence-corrected chi connectivity index (χ2v) is 3.39. The Hall–Kier alpha value is -2.00. The number of anilines is 1. The van der Waals surface area contributed by atoms with Crippen molar-refractivity contribution in [2.75, 3.05) is 11.9 Å². The van der Waals surface area contributed by atoms with Gasteiger partial charge in [-0.2, -0.15) is 5.26 Å². The predicted octanol–water partition coefficient (Wildman–Crippen LogP) is 2.91. The van der Waals surface area contributed by atoms with Gasteiger partial charge in [0.25, 0.3) is 0 Å². The first-order valence-electron chi connectivity index (χ1n) is 5.15. The maximum atomic E-state index is 12.8. The van der Waals surface area contributed by atoms with Crippen molar-refractivity contribution in [3.8, 4) is 18.4 Å². The van der Waals surface area contributed by atoms with Crippen LogP contribution in [0.25, 0.3) is 0 Å². The largest absolute Gasteiger partial charge is 0.384 e. The third-order valence-electron chi connectivity index (χ3n) is 2.17. The second kappa shape index (κ2) is 6.48. The molecule has 0 radical (unpaired) electrons. The summed E-state index contributed by atoms with van der Waals surface area (Å²) in [6.07, 6.45) is 7.78. The minimum Gasteiger partial charge on any atom is -0.384 e. The van der Waals surface area contributed by atoms with Gasteiger partial charge in [0.2, 0.25) is 0 Å². The summed E-state index contributed by atoms with van der Waals surface area (Å²) >= 11 is 0. The van der Waals surface area contributed by atoms with Crippen molar-refractivity contribution in [1.82, 2.24) is 0 Å². The fourth-order valence-electron chi connectivity index (χ4n) is 1.34. The number of benzene rings is 1. The van der Waals surface area contributed by atoms with Crippen LogP contribution < -0.4 is 5.32 Å². The number of terminal acetylenes is 1. The van der Waals surface area contributed by atoms with Gasteiger partial charge in [-0.1, -0.05) is 0 Å². The molecule has 0 aliphatic rings. The second-order valence-electron chi connectivity index (χ2n) is 3.39. The number of nitriles is 1. The van der Waals surface area contributed by atoms with Gasteiger partial charge in [0.1, 0.15) is 11.9 Å². The van der Waals surface area contributed by atoms with Crippen LogP contribution in [-0.2, 0) is 0 Å². The Labute approximate surface area is 95.1 Å². The fourth-order valence-corrected chi connectivity index (χ4v) is 1.34. The highest BCUT2D eigenvalue weighted by molar-refractivity contribution is 5.57. The van der Waals surface area contributed by atoms with Crippen molar-refractivity contribution < 1.29 is 4.39 Å². The van der Waals surface area contributed by atoms with Crippen LogP contribution in [0.4, 0.5) is 10.1 Å². The summed E-state index contributed by atoms with van der Waals surface area (Å²) in [4.78, 5) is 0. The van der Waals surface area contributed by atoms with E-state index in [1.54, 1.807) is 6.07 Å². The number of hydrogen-bond acceptors (Lipinski definition) is 2. The zero-order chi connectivity index (χ0) is 11.8. The molecule has 0 aliphatic carbocycles. The van der Waals surface area contributed by atoms with Gasteiger partial charge in [-0.05, 0) is 31.0 Å². The highest BCUT2D eigenvalue weighted by Gasteiger charge is 2.02. The third kappa shape index (κ3) is 3.63. The maximum Gasteiger partial charge on any atom is 0.124 e. The lowest BCUT2D eigenvalue weighted by atomic mass is 10.2. The molecule has 1 rings (SSSR count). The van der Waals surface area contributed by atoms with Gasteiger partial charge in [-0.15, -0.1) is 12.3 Å². The minimum absolute atomic E-state index is 0.331. The first kappa shape index (κ1) is 12.1. The van der Waals surface area contributed by atoms with Crippen LogP contribution in [0.3, 0.4) is 0 Å². The lowest BCUT2D eigenvalue weighted by molar-refractivity contribution is 0.627. The molecule has 1 aromatic carbocycles. The average Bonchev–Trinajstić information content (AvgIpc) is 2.30. The van der Waals surface area contributed by atoms with Crippen molar-refractivity contribution in [1.29, 1.82) is 5.26 Å².